The highest BCUT2D eigenvalue weighted by Gasteiger charge is 2.28. The van der Waals surface area contributed by atoms with Gasteiger partial charge < -0.3 is 4.42 Å². The first-order valence-corrected chi connectivity index (χ1v) is 8.24. The summed E-state index contributed by atoms with van der Waals surface area (Å²) >= 11 is 0. The highest BCUT2D eigenvalue weighted by Crippen LogP contribution is 2.41. The van der Waals surface area contributed by atoms with Crippen LogP contribution in [0.2, 0.25) is 0 Å². The summed E-state index contributed by atoms with van der Waals surface area (Å²) in [5.41, 5.74) is 6.98. The number of rotatable bonds is 1. The maximum Gasteiger partial charge on any atom is 0.112 e. The van der Waals surface area contributed by atoms with Crippen LogP contribution in [-0.4, -0.2) is 4.98 Å². The average molecular weight is 299 g/mol. The predicted molar refractivity (Wildman–Crippen MR) is 93.9 cm³/mol. The van der Waals surface area contributed by atoms with Gasteiger partial charge in [0, 0.05) is 34.1 Å². The average Bonchev–Trinajstić information content (AvgIpc) is 2.94. The molecule has 2 aliphatic rings. The van der Waals surface area contributed by atoms with Gasteiger partial charge in [0.25, 0.3) is 0 Å². The molecule has 0 fully saturated rings. The van der Waals surface area contributed by atoms with Gasteiger partial charge in [0.05, 0.1) is 17.5 Å². The Morgan fingerprint density at radius 1 is 1.17 bits per heavy atom. The molecule has 0 saturated heterocycles. The molecule has 0 amide bonds. The summed E-state index contributed by atoms with van der Waals surface area (Å²) in [6, 6.07) is 10.6. The minimum absolute atomic E-state index is 0.524. The van der Waals surface area contributed by atoms with E-state index in [4.69, 9.17) is 9.40 Å². The molecule has 0 radical (unpaired) electrons. The summed E-state index contributed by atoms with van der Waals surface area (Å²) in [6.45, 7) is 2.24. The van der Waals surface area contributed by atoms with Crippen molar-refractivity contribution in [2.45, 2.75) is 19.8 Å². The van der Waals surface area contributed by atoms with Gasteiger partial charge in [-0.05, 0) is 24.5 Å². The molecule has 0 aliphatic heterocycles. The second-order valence-corrected chi connectivity index (χ2v) is 6.39. The van der Waals surface area contributed by atoms with Crippen LogP contribution in [0.4, 0.5) is 0 Å². The van der Waals surface area contributed by atoms with E-state index in [1.807, 2.05) is 12.3 Å². The van der Waals surface area contributed by atoms with Crippen molar-refractivity contribution in [1.29, 1.82) is 0 Å². The highest BCUT2D eigenvalue weighted by molar-refractivity contribution is 5.96. The number of hydrogen-bond acceptors (Lipinski definition) is 2. The molecule has 1 aromatic carbocycles. The summed E-state index contributed by atoms with van der Waals surface area (Å²) in [5, 5.41) is 1.19. The lowest BCUT2D eigenvalue weighted by atomic mass is 9.84. The molecule has 2 heteroatoms. The van der Waals surface area contributed by atoms with Crippen molar-refractivity contribution >= 4 is 28.6 Å². The number of allylic oxidation sites excluding steroid dienone is 1. The van der Waals surface area contributed by atoms with Crippen LogP contribution in [0.1, 0.15) is 41.5 Å². The van der Waals surface area contributed by atoms with Crippen LogP contribution in [0.15, 0.2) is 47.1 Å². The molecule has 3 aromatic rings. The molecule has 112 valence electrons. The fraction of sp³-hybridized carbons (Fsp3) is 0.190. The van der Waals surface area contributed by atoms with E-state index >= 15 is 0 Å². The molecule has 2 heterocycles. The van der Waals surface area contributed by atoms with Crippen LogP contribution in [0.25, 0.3) is 28.6 Å². The quantitative estimate of drug-likeness (QED) is 0.475. The molecule has 23 heavy (non-hydrogen) atoms. The lowest BCUT2D eigenvalue weighted by Crippen LogP contribution is -2.10. The molecule has 1 atom stereocenters. The summed E-state index contributed by atoms with van der Waals surface area (Å²) in [7, 11) is 0. The first-order valence-electron chi connectivity index (χ1n) is 8.24. The molecular formula is C21H17NO. The second-order valence-electron chi connectivity index (χ2n) is 6.39. The van der Waals surface area contributed by atoms with E-state index in [-0.39, 0.29) is 0 Å². The summed E-state index contributed by atoms with van der Waals surface area (Å²) in [6.07, 6.45) is 10.7. The molecule has 0 bridgehead atoms. The Labute approximate surface area is 135 Å². The molecular weight excluding hydrogens is 282 g/mol. The zero-order valence-corrected chi connectivity index (χ0v) is 13.0. The van der Waals surface area contributed by atoms with Gasteiger partial charge in [-0.1, -0.05) is 43.4 Å². The first kappa shape index (κ1) is 12.9. The Balaban J connectivity index is 1.84. The van der Waals surface area contributed by atoms with Crippen molar-refractivity contribution in [2.24, 2.45) is 5.92 Å². The van der Waals surface area contributed by atoms with Gasteiger partial charge >= 0.3 is 0 Å². The summed E-state index contributed by atoms with van der Waals surface area (Å²) in [5.74, 6) is 1.63. The fourth-order valence-electron chi connectivity index (χ4n) is 3.72. The molecule has 5 rings (SSSR count). The van der Waals surface area contributed by atoms with Crippen LogP contribution in [0, 0.1) is 5.92 Å². The van der Waals surface area contributed by atoms with Gasteiger partial charge in [-0.25, -0.2) is 4.98 Å². The molecule has 2 nitrogen and oxygen atoms in total. The minimum Gasteiger partial charge on any atom is -0.468 e. The van der Waals surface area contributed by atoms with Gasteiger partial charge in [0.1, 0.15) is 5.76 Å². The van der Waals surface area contributed by atoms with Gasteiger partial charge in [-0.2, -0.15) is 0 Å². The normalized spacial score (nSPS) is 18.3. The molecule has 1 unspecified atom stereocenters. The zero-order valence-electron chi connectivity index (χ0n) is 13.0. The lowest BCUT2D eigenvalue weighted by molar-refractivity contribution is 0.465. The van der Waals surface area contributed by atoms with E-state index in [0.29, 0.717) is 5.92 Å². The number of aromatic nitrogens is 1. The monoisotopic (exact) mass is 299 g/mol. The zero-order chi connectivity index (χ0) is 15.4. The van der Waals surface area contributed by atoms with Crippen LogP contribution in [0.5, 0.6) is 0 Å². The Morgan fingerprint density at radius 2 is 2.04 bits per heavy atom. The first-order chi connectivity index (χ1) is 11.3. The number of benzene rings is 1. The van der Waals surface area contributed by atoms with Gasteiger partial charge in [-0.15, -0.1) is 0 Å². The van der Waals surface area contributed by atoms with E-state index < -0.39 is 0 Å². The molecule has 0 saturated carbocycles. The van der Waals surface area contributed by atoms with Gasteiger partial charge in [-0.3, -0.25) is 0 Å². The van der Waals surface area contributed by atoms with Crippen molar-refractivity contribution in [3.8, 4) is 0 Å². The number of pyridine rings is 1. The van der Waals surface area contributed by atoms with Gasteiger partial charge in [0.2, 0.25) is 0 Å². The Hall–Kier alpha value is -2.61. The van der Waals surface area contributed by atoms with Gasteiger partial charge in [0.15, 0.2) is 0 Å². The standard InChI is InChI=1S/C21H17NO/c1-2-13-9-17-20-16(12-23-19(20)10-13)8-7-15-11-14-5-3-4-6-18(14)22-21(15)17/h3-9,11-13H,2,10H2,1H3. The Morgan fingerprint density at radius 3 is 2.96 bits per heavy atom. The van der Waals surface area contributed by atoms with Crippen LogP contribution in [-0.2, 0) is 6.42 Å². The van der Waals surface area contributed by atoms with Crippen LogP contribution >= 0.6 is 0 Å². The SMILES string of the molecule is CCC1C=C2c3nc4ccccc4cc3C=Cc3coc(c32)C1. The van der Waals surface area contributed by atoms with Crippen molar-refractivity contribution in [3.05, 3.63) is 70.8 Å². The molecule has 0 N–H and O–H groups in total. The van der Waals surface area contributed by atoms with E-state index in [1.54, 1.807) is 0 Å². The minimum atomic E-state index is 0.524. The third kappa shape index (κ3) is 1.84. The van der Waals surface area contributed by atoms with Crippen molar-refractivity contribution in [1.82, 2.24) is 4.98 Å². The van der Waals surface area contributed by atoms with E-state index in [0.717, 1.165) is 29.8 Å². The molecule has 2 aromatic heterocycles. The predicted octanol–water partition coefficient (Wildman–Crippen LogP) is 5.33. The maximum absolute atomic E-state index is 5.86. The largest absolute Gasteiger partial charge is 0.468 e. The molecule has 2 aliphatic carbocycles. The summed E-state index contributed by atoms with van der Waals surface area (Å²) in [4.78, 5) is 4.99. The number of fused-ring (bicyclic) bond motifs is 3. The highest BCUT2D eigenvalue weighted by atomic mass is 16.3. The van der Waals surface area contributed by atoms with Crippen LogP contribution < -0.4 is 0 Å². The van der Waals surface area contributed by atoms with Crippen molar-refractivity contribution in [2.75, 3.05) is 0 Å². The number of furan rings is 1. The second kappa shape index (κ2) is 4.69. The Bertz CT molecular complexity index is 990. The van der Waals surface area contributed by atoms with E-state index in [9.17, 15) is 0 Å². The van der Waals surface area contributed by atoms with Crippen molar-refractivity contribution in [3.63, 3.8) is 0 Å². The third-order valence-corrected chi connectivity index (χ3v) is 4.99. The smallest absolute Gasteiger partial charge is 0.112 e. The number of para-hydroxylation sites is 1. The lowest BCUT2D eigenvalue weighted by Gasteiger charge is -2.20. The topological polar surface area (TPSA) is 26.0 Å². The maximum atomic E-state index is 5.86. The van der Waals surface area contributed by atoms with E-state index in [2.05, 4.69) is 49.4 Å². The fourth-order valence-corrected chi connectivity index (χ4v) is 3.72. The summed E-state index contributed by atoms with van der Waals surface area (Å²) < 4.78 is 5.86. The molecule has 0 spiro atoms. The van der Waals surface area contributed by atoms with Crippen LogP contribution in [0.3, 0.4) is 0 Å². The Kier molecular flexibility index (Phi) is 2.63. The van der Waals surface area contributed by atoms with Crippen molar-refractivity contribution < 1.29 is 4.42 Å². The third-order valence-electron chi connectivity index (χ3n) is 4.99. The van der Waals surface area contributed by atoms with E-state index in [1.165, 1.54) is 27.6 Å². The number of hydrogen-bond donors (Lipinski definition) is 0. The number of nitrogens with zero attached hydrogens (tertiary/aromatic N) is 1.